The Hall–Kier alpha value is -1.43. The first kappa shape index (κ1) is 16.1. The van der Waals surface area contributed by atoms with Gasteiger partial charge in [0.1, 0.15) is 11.4 Å². The van der Waals surface area contributed by atoms with E-state index in [0.717, 1.165) is 44.2 Å². The van der Waals surface area contributed by atoms with Crippen molar-refractivity contribution in [3.8, 4) is 0 Å². The highest BCUT2D eigenvalue weighted by Gasteiger charge is 2.42. The van der Waals surface area contributed by atoms with Gasteiger partial charge in [0.05, 0.1) is 12.2 Å². The fourth-order valence-corrected chi connectivity index (χ4v) is 4.35. The lowest BCUT2D eigenvalue weighted by molar-refractivity contribution is -0.126. The molecule has 132 valence electrons. The zero-order valence-corrected chi connectivity index (χ0v) is 14.4. The number of nitrogens with one attached hydrogen (secondary N) is 1. The Balaban J connectivity index is 1.52. The summed E-state index contributed by atoms with van der Waals surface area (Å²) in [6, 6.07) is -0.00509. The molecule has 3 fully saturated rings. The second kappa shape index (κ2) is 6.47. The Kier molecular flexibility index (Phi) is 4.33. The fourth-order valence-electron chi connectivity index (χ4n) is 4.35. The number of nitrogens with two attached hydrogens (primary N) is 1. The van der Waals surface area contributed by atoms with Crippen LogP contribution in [0.4, 0.5) is 0 Å². The van der Waals surface area contributed by atoms with Crippen LogP contribution in [0.3, 0.4) is 0 Å². The van der Waals surface area contributed by atoms with Crippen LogP contribution >= 0.6 is 0 Å². The molecule has 3 aliphatic rings. The molecule has 1 amide bonds. The first-order chi connectivity index (χ1) is 11.7. The average molecular weight is 331 g/mol. The highest BCUT2D eigenvalue weighted by Crippen LogP contribution is 2.39. The lowest BCUT2D eigenvalue weighted by atomic mass is 9.82. The van der Waals surface area contributed by atoms with Gasteiger partial charge in [-0.1, -0.05) is 37.3 Å². The molecule has 0 radical (unpaired) electrons. The molecular weight excluding hydrogens is 302 g/mol. The van der Waals surface area contributed by atoms with Gasteiger partial charge < -0.3 is 11.1 Å². The summed E-state index contributed by atoms with van der Waals surface area (Å²) in [6.07, 6.45) is 14.4. The Bertz CT molecular complexity index is 582. The molecule has 0 bridgehead atoms. The van der Waals surface area contributed by atoms with Gasteiger partial charge in [-0.3, -0.25) is 4.79 Å². The molecule has 1 aromatic heterocycles. The lowest BCUT2D eigenvalue weighted by Crippen LogP contribution is -2.37. The smallest absolute Gasteiger partial charge is 0.223 e. The molecule has 0 aliphatic heterocycles. The van der Waals surface area contributed by atoms with E-state index in [1.165, 1.54) is 32.1 Å². The standard InChI is InChI=1S/C18H29N5O/c19-18(10-11-18)23-12-15(21-22-23)16(13-6-2-1-3-7-13)20-17(24)14-8-4-5-9-14/h12-14,16H,1-11,19H2,(H,20,24)/t16-/m0/s1. The van der Waals surface area contributed by atoms with Gasteiger partial charge in [0.15, 0.2) is 0 Å². The van der Waals surface area contributed by atoms with Gasteiger partial charge in [-0.05, 0) is 44.4 Å². The molecule has 1 aromatic rings. The summed E-state index contributed by atoms with van der Waals surface area (Å²) in [5.74, 6) is 0.879. The van der Waals surface area contributed by atoms with Crippen LogP contribution in [-0.4, -0.2) is 20.9 Å². The van der Waals surface area contributed by atoms with Gasteiger partial charge >= 0.3 is 0 Å². The molecule has 0 saturated heterocycles. The fraction of sp³-hybridized carbons (Fsp3) is 0.833. The summed E-state index contributed by atoms with van der Waals surface area (Å²) >= 11 is 0. The summed E-state index contributed by atoms with van der Waals surface area (Å²) < 4.78 is 1.81. The number of rotatable bonds is 5. The van der Waals surface area contributed by atoms with Crippen LogP contribution in [0.25, 0.3) is 0 Å². The molecule has 3 N–H and O–H groups in total. The van der Waals surface area contributed by atoms with Crippen LogP contribution < -0.4 is 11.1 Å². The predicted octanol–water partition coefficient (Wildman–Crippen LogP) is 2.61. The predicted molar refractivity (Wildman–Crippen MR) is 90.8 cm³/mol. The van der Waals surface area contributed by atoms with Gasteiger partial charge in [-0.25, -0.2) is 4.68 Å². The van der Waals surface area contributed by atoms with Crippen molar-refractivity contribution in [2.45, 2.75) is 82.3 Å². The summed E-state index contributed by atoms with van der Waals surface area (Å²) in [5.41, 5.74) is 6.79. The lowest BCUT2D eigenvalue weighted by Gasteiger charge is -2.30. The molecule has 24 heavy (non-hydrogen) atoms. The van der Waals surface area contributed by atoms with Gasteiger partial charge in [-0.15, -0.1) is 5.10 Å². The van der Waals surface area contributed by atoms with Crippen LogP contribution in [0.2, 0.25) is 0 Å². The van der Waals surface area contributed by atoms with Crippen molar-refractivity contribution in [3.63, 3.8) is 0 Å². The molecule has 1 heterocycles. The third kappa shape index (κ3) is 3.21. The summed E-state index contributed by atoms with van der Waals surface area (Å²) in [7, 11) is 0. The Morgan fingerprint density at radius 1 is 1.17 bits per heavy atom. The van der Waals surface area contributed by atoms with E-state index in [1.54, 1.807) is 4.68 Å². The molecule has 3 aliphatic carbocycles. The molecule has 0 spiro atoms. The van der Waals surface area contributed by atoms with E-state index in [9.17, 15) is 4.79 Å². The van der Waals surface area contributed by atoms with E-state index in [4.69, 9.17) is 5.73 Å². The Morgan fingerprint density at radius 3 is 2.50 bits per heavy atom. The molecular formula is C18H29N5O. The van der Waals surface area contributed by atoms with Gasteiger partial charge in [0.2, 0.25) is 5.91 Å². The third-order valence-corrected chi connectivity index (χ3v) is 6.19. The number of amides is 1. The van der Waals surface area contributed by atoms with Gasteiger partial charge in [0, 0.05) is 5.92 Å². The van der Waals surface area contributed by atoms with E-state index >= 15 is 0 Å². The molecule has 3 saturated carbocycles. The average Bonchev–Trinajstić information content (AvgIpc) is 3.04. The van der Waals surface area contributed by atoms with Crippen molar-refractivity contribution < 1.29 is 4.79 Å². The normalized spacial score (nSPS) is 25.5. The zero-order valence-electron chi connectivity index (χ0n) is 14.4. The van der Waals surface area contributed by atoms with Crippen molar-refractivity contribution in [3.05, 3.63) is 11.9 Å². The van der Waals surface area contributed by atoms with Crippen molar-refractivity contribution in [1.29, 1.82) is 0 Å². The highest BCUT2D eigenvalue weighted by molar-refractivity contribution is 5.79. The van der Waals surface area contributed by atoms with Crippen molar-refractivity contribution in [1.82, 2.24) is 20.3 Å². The second-order valence-electron chi connectivity index (χ2n) is 8.06. The molecule has 1 atom stereocenters. The van der Waals surface area contributed by atoms with Crippen molar-refractivity contribution >= 4 is 5.91 Å². The maximum atomic E-state index is 12.7. The van der Waals surface area contributed by atoms with E-state index < -0.39 is 0 Å². The number of nitrogens with zero attached hydrogens (tertiary/aromatic N) is 3. The maximum Gasteiger partial charge on any atom is 0.223 e. The van der Waals surface area contributed by atoms with E-state index in [2.05, 4.69) is 15.6 Å². The summed E-state index contributed by atoms with van der Waals surface area (Å²) in [6.45, 7) is 0. The topological polar surface area (TPSA) is 85.8 Å². The third-order valence-electron chi connectivity index (χ3n) is 6.19. The summed E-state index contributed by atoms with van der Waals surface area (Å²) in [4.78, 5) is 12.7. The minimum atomic E-state index is -0.335. The quantitative estimate of drug-likeness (QED) is 0.868. The number of carbonyl (C=O) groups excluding carboxylic acids is 1. The van der Waals surface area contributed by atoms with Crippen LogP contribution in [0.1, 0.15) is 82.4 Å². The SMILES string of the molecule is NC1(n2cc([C@@H](NC(=O)C3CCCC3)C3CCCCC3)nn2)CC1. The van der Waals surface area contributed by atoms with Crippen LogP contribution in [0, 0.1) is 11.8 Å². The number of hydrogen-bond donors (Lipinski definition) is 2. The molecule has 0 aromatic carbocycles. The van der Waals surface area contributed by atoms with E-state index in [-0.39, 0.29) is 23.5 Å². The first-order valence-electron chi connectivity index (χ1n) is 9.68. The maximum absolute atomic E-state index is 12.7. The summed E-state index contributed by atoms with van der Waals surface area (Å²) in [5, 5.41) is 12.0. The van der Waals surface area contributed by atoms with Gasteiger partial charge in [0.25, 0.3) is 0 Å². The van der Waals surface area contributed by atoms with E-state index in [0.29, 0.717) is 5.92 Å². The van der Waals surface area contributed by atoms with Crippen LogP contribution in [0.15, 0.2) is 6.20 Å². The van der Waals surface area contributed by atoms with Crippen LogP contribution in [0.5, 0.6) is 0 Å². The van der Waals surface area contributed by atoms with Crippen molar-refractivity contribution in [2.24, 2.45) is 17.6 Å². The van der Waals surface area contributed by atoms with E-state index in [1.807, 2.05) is 6.20 Å². The minimum absolute atomic E-state index is 0.00509. The van der Waals surface area contributed by atoms with Gasteiger partial charge in [-0.2, -0.15) is 0 Å². The molecule has 6 nitrogen and oxygen atoms in total. The minimum Gasteiger partial charge on any atom is -0.347 e. The van der Waals surface area contributed by atoms with Crippen LogP contribution in [-0.2, 0) is 10.5 Å². The monoisotopic (exact) mass is 331 g/mol. The number of hydrogen-bond acceptors (Lipinski definition) is 4. The zero-order chi connectivity index (χ0) is 16.6. The molecule has 4 rings (SSSR count). The largest absolute Gasteiger partial charge is 0.347 e. The van der Waals surface area contributed by atoms with Crippen molar-refractivity contribution in [2.75, 3.05) is 0 Å². The Morgan fingerprint density at radius 2 is 1.83 bits per heavy atom. The highest BCUT2D eigenvalue weighted by atomic mass is 16.2. The number of carbonyl (C=O) groups is 1. The molecule has 6 heteroatoms. The Labute approximate surface area is 143 Å². The second-order valence-corrected chi connectivity index (χ2v) is 8.06. The molecule has 0 unspecified atom stereocenters. The first-order valence-corrected chi connectivity index (χ1v) is 9.68. The number of aromatic nitrogens is 3.